The zero-order chi connectivity index (χ0) is 18.4. The average molecular weight is 372 g/mol. The summed E-state index contributed by atoms with van der Waals surface area (Å²) in [6.07, 6.45) is -0.330. The van der Waals surface area contributed by atoms with Gasteiger partial charge >= 0.3 is 6.18 Å². The zero-order valence-electron chi connectivity index (χ0n) is 13.7. The smallest absolute Gasteiger partial charge is 0.309 e. The number of nitrogens with zero attached hydrogens (tertiary/aromatic N) is 4. The lowest BCUT2D eigenvalue weighted by molar-refractivity contribution is -0.135. The Morgan fingerprint density at radius 3 is 2.76 bits per heavy atom. The van der Waals surface area contributed by atoms with Crippen LogP contribution >= 0.6 is 12.6 Å². The van der Waals surface area contributed by atoms with E-state index < -0.39 is 12.6 Å². The Morgan fingerprint density at radius 2 is 2.16 bits per heavy atom. The van der Waals surface area contributed by atoms with Crippen molar-refractivity contribution in [2.45, 2.75) is 32.4 Å². The van der Waals surface area contributed by atoms with Gasteiger partial charge < -0.3 is 4.90 Å². The maximum atomic E-state index is 12.4. The fraction of sp³-hybridized carbons (Fsp3) is 0.438. The second kappa shape index (κ2) is 8.37. The van der Waals surface area contributed by atoms with Crippen molar-refractivity contribution in [3.05, 3.63) is 36.4 Å². The van der Waals surface area contributed by atoms with E-state index in [1.807, 2.05) is 0 Å². The van der Waals surface area contributed by atoms with Gasteiger partial charge in [-0.25, -0.2) is 4.68 Å². The summed E-state index contributed by atoms with van der Waals surface area (Å²) >= 11 is 4.04. The number of rotatable bonds is 7. The normalized spacial score (nSPS) is 11.6. The molecule has 2 rings (SSSR count). The van der Waals surface area contributed by atoms with E-state index in [4.69, 9.17) is 0 Å². The predicted octanol–water partition coefficient (Wildman–Crippen LogP) is 3.57. The molecule has 2 heterocycles. The second-order valence-electron chi connectivity index (χ2n) is 5.49. The van der Waals surface area contributed by atoms with E-state index in [2.05, 4.69) is 22.7 Å². The summed E-state index contributed by atoms with van der Waals surface area (Å²) in [5.41, 5.74) is 1.76. The Hall–Kier alpha value is -2.03. The standard InChI is InChI=1S/C16H19F3N4OS/c1-12-14(11-23(21-12)13-4-2-7-20-10-13)22(15(24)5-9-25)8-3-6-16(17,18)19/h2,4,7,10-11,25H,3,5-6,8-9H2,1H3. The molecule has 5 nitrogen and oxygen atoms in total. The lowest BCUT2D eigenvalue weighted by atomic mass is 10.2. The SMILES string of the molecule is Cc1nn(-c2cccnc2)cc1N(CCCC(F)(F)F)C(=O)CCS. The molecule has 0 fully saturated rings. The number of hydrogen-bond donors (Lipinski definition) is 1. The molecular formula is C16H19F3N4OS. The maximum Gasteiger partial charge on any atom is 0.389 e. The summed E-state index contributed by atoms with van der Waals surface area (Å²) in [5, 5.41) is 4.34. The average Bonchev–Trinajstić information content (AvgIpc) is 2.93. The number of amides is 1. The molecule has 0 radical (unpaired) electrons. The van der Waals surface area contributed by atoms with Gasteiger partial charge in [-0.3, -0.25) is 9.78 Å². The number of aromatic nitrogens is 3. The highest BCUT2D eigenvalue weighted by Gasteiger charge is 2.28. The minimum absolute atomic E-state index is 0.0221. The number of carbonyl (C=O) groups is 1. The van der Waals surface area contributed by atoms with Crippen LogP contribution in [0.4, 0.5) is 18.9 Å². The van der Waals surface area contributed by atoms with Crippen LogP contribution in [-0.2, 0) is 4.79 Å². The van der Waals surface area contributed by atoms with Crippen molar-refractivity contribution in [3.8, 4) is 5.69 Å². The number of hydrogen-bond acceptors (Lipinski definition) is 4. The topological polar surface area (TPSA) is 51.0 Å². The highest BCUT2D eigenvalue weighted by Crippen LogP contribution is 2.25. The van der Waals surface area contributed by atoms with Gasteiger partial charge in [0.1, 0.15) is 0 Å². The van der Waals surface area contributed by atoms with E-state index in [9.17, 15) is 18.0 Å². The highest BCUT2D eigenvalue weighted by molar-refractivity contribution is 7.80. The first-order chi connectivity index (χ1) is 11.8. The zero-order valence-corrected chi connectivity index (χ0v) is 14.6. The number of anilines is 1. The van der Waals surface area contributed by atoms with Crippen molar-refractivity contribution >= 4 is 24.2 Å². The molecule has 0 aliphatic heterocycles. The molecular weight excluding hydrogens is 353 g/mol. The summed E-state index contributed by atoms with van der Waals surface area (Å²) in [6, 6.07) is 3.55. The van der Waals surface area contributed by atoms with Crippen molar-refractivity contribution in [2.75, 3.05) is 17.2 Å². The number of halogens is 3. The number of aryl methyl sites for hydroxylation is 1. The van der Waals surface area contributed by atoms with Gasteiger partial charge in [0.25, 0.3) is 0 Å². The Balaban J connectivity index is 2.24. The van der Waals surface area contributed by atoms with E-state index in [0.29, 0.717) is 22.8 Å². The van der Waals surface area contributed by atoms with Crippen LogP contribution in [0.15, 0.2) is 30.7 Å². The Kier molecular flexibility index (Phi) is 6.46. The molecule has 0 aliphatic rings. The molecule has 0 N–H and O–H groups in total. The van der Waals surface area contributed by atoms with E-state index in [0.717, 1.165) is 0 Å². The summed E-state index contributed by atoms with van der Waals surface area (Å²) in [5.74, 6) is 0.0516. The third-order valence-electron chi connectivity index (χ3n) is 3.54. The molecule has 0 bridgehead atoms. The lowest BCUT2D eigenvalue weighted by Crippen LogP contribution is -2.33. The largest absolute Gasteiger partial charge is 0.389 e. The Morgan fingerprint density at radius 1 is 1.40 bits per heavy atom. The van der Waals surface area contributed by atoms with Gasteiger partial charge in [0.05, 0.1) is 29.5 Å². The molecule has 0 spiro atoms. The van der Waals surface area contributed by atoms with Gasteiger partial charge in [-0.05, 0) is 31.2 Å². The van der Waals surface area contributed by atoms with Crippen LogP contribution in [0.1, 0.15) is 25.0 Å². The van der Waals surface area contributed by atoms with Crippen molar-refractivity contribution in [1.82, 2.24) is 14.8 Å². The first kappa shape index (κ1) is 19.3. The van der Waals surface area contributed by atoms with Crippen molar-refractivity contribution < 1.29 is 18.0 Å². The molecule has 0 saturated heterocycles. The first-order valence-corrected chi connectivity index (χ1v) is 8.39. The Bertz CT molecular complexity index is 703. The van der Waals surface area contributed by atoms with E-state index >= 15 is 0 Å². The van der Waals surface area contributed by atoms with E-state index in [1.54, 1.807) is 42.3 Å². The van der Waals surface area contributed by atoms with Crippen LogP contribution in [0, 0.1) is 6.92 Å². The number of alkyl halides is 3. The van der Waals surface area contributed by atoms with E-state index in [1.165, 1.54) is 4.90 Å². The molecule has 136 valence electrons. The predicted molar refractivity (Wildman–Crippen MR) is 92.2 cm³/mol. The first-order valence-electron chi connectivity index (χ1n) is 7.76. The van der Waals surface area contributed by atoms with Crippen molar-refractivity contribution in [1.29, 1.82) is 0 Å². The van der Waals surface area contributed by atoms with Gasteiger partial charge in [0.15, 0.2) is 0 Å². The van der Waals surface area contributed by atoms with Crippen LogP contribution in [-0.4, -0.2) is 39.1 Å². The maximum absolute atomic E-state index is 12.4. The molecule has 2 aromatic rings. The molecule has 9 heteroatoms. The van der Waals surface area contributed by atoms with Crippen LogP contribution in [0.25, 0.3) is 5.69 Å². The molecule has 1 amide bonds. The summed E-state index contributed by atoms with van der Waals surface area (Å²) in [7, 11) is 0. The molecule has 0 unspecified atom stereocenters. The van der Waals surface area contributed by atoms with Gasteiger partial charge in [-0.1, -0.05) is 0 Å². The van der Waals surface area contributed by atoms with Gasteiger partial charge in [-0.2, -0.15) is 30.9 Å². The quantitative estimate of drug-likeness (QED) is 0.756. The lowest BCUT2D eigenvalue weighted by Gasteiger charge is -2.22. The van der Waals surface area contributed by atoms with Crippen molar-refractivity contribution in [3.63, 3.8) is 0 Å². The van der Waals surface area contributed by atoms with Gasteiger partial charge in [0.2, 0.25) is 5.91 Å². The third-order valence-corrected chi connectivity index (χ3v) is 3.77. The fourth-order valence-electron chi connectivity index (χ4n) is 2.39. The van der Waals surface area contributed by atoms with Crippen LogP contribution in [0.5, 0.6) is 0 Å². The summed E-state index contributed by atoms with van der Waals surface area (Å²) < 4.78 is 38.8. The van der Waals surface area contributed by atoms with E-state index in [-0.39, 0.29) is 25.3 Å². The third kappa shape index (κ3) is 5.48. The molecule has 0 saturated carbocycles. The number of thiol groups is 1. The van der Waals surface area contributed by atoms with Gasteiger partial charge in [0, 0.05) is 25.6 Å². The second-order valence-corrected chi connectivity index (χ2v) is 5.94. The minimum atomic E-state index is -4.24. The molecule has 2 aromatic heterocycles. The minimum Gasteiger partial charge on any atom is -0.309 e. The molecule has 25 heavy (non-hydrogen) atoms. The fourth-order valence-corrected chi connectivity index (χ4v) is 2.58. The Labute approximate surface area is 149 Å². The highest BCUT2D eigenvalue weighted by atomic mass is 32.1. The molecule has 0 atom stereocenters. The van der Waals surface area contributed by atoms with Gasteiger partial charge in [-0.15, -0.1) is 0 Å². The van der Waals surface area contributed by atoms with Crippen molar-refractivity contribution in [2.24, 2.45) is 0 Å². The summed E-state index contributed by atoms with van der Waals surface area (Å²) in [6.45, 7) is 1.69. The van der Waals surface area contributed by atoms with Crippen LogP contribution in [0.3, 0.4) is 0 Å². The number of pyridine rings is 1. The van der Waals surface area contributed by atoms with Crippen LogP contribution < -0.4 is 4.90 Å². The molecule has 0 aliphatic carbocycles. The summed E-state index contributed by atoms with van der Waals surface area (Å²) in [4.78, 5) is 17.7. The van der Waals surface area contributed by atoms with Crippen LogP contribution in [0.2, 0.25) is 0 Å². The number of carbonyl (C=O) groups excluding carboxylic acids is 1. The monoisotopic (exact) mass is 372 g/mol. The molecule has 0 aromatic carbocycles.